The van der Waals surface area contributed by atoms with E-state index in [9.17, 15) is 14.3 Å². The van der Waals surface area contributed by atoms with Gasteiger partial charge in [-0.3, -0.25) is 9.48 Å². The highest BCUT2D eigenvalue weighted by Gasteiger charge is 2.35. The number of hydrogen-bond donors (Lipinski definition) is 1. The number of β-amino-alcohol motifs (C(OH)–C–C–N with tert-alkyl or cyclic N) is 1. The Morgan fingerprint density at radius 2 is 2.04 bits per heavy atom. The molecule has 1 amide bonds. The zero-order valence-electron chi connectivity index (χ0n) is 13.2. The number of halogens is 1. The molecule has 5 nitrogen and oxygen atoms in total. The van der Waals surface area contributed by atoms with Gasteiger partial charge >= 0.3 is 0 Å². The summed E-state index contributed by atoms with van der Waals surface area (Å²) in [5, 5.41) is 14.3. The Morgan fingerprint density at radius 1 is 1.35 bits per heavy atom. The van der Waals surface area contributed by atoms with Crippen LogP contribution in [0.2, 0.25) is 0 Å². The molecule has 2 aromatic rings. The molecule has 2 heterocycles. The molecule has 1 N–H and O–H groups in total. The average molecular weight is 317 g/mol. The van der Waals surface area contributed by atoms with Gasteiger partial charge in [-0.2, -0.15) is 5.10 Å². The van der Waals surface area contributed by atoms with Crippen LogP contribution >= 0.6 is 0 Å². The van der Waals surface area contributed by atoms with Crippen LogP contribution in [0.25, 0.3) is 0 Å². The lowest BCUT2D eigenvalue weighted by molar-refractivity contribution is -0.133. The summed E-state index contributed by atoms with van der Waals surface area (Å²) < 4.78 is 14.8. The standard InChI is InChI=1S/C17H20FN3O2/c1-11-7-12(2)21(19-11)10-17(23)20-9-15(22)8-16(20)13-3-5-14(18)6-4-13/h3-7,15-16,22H,8-10H2,1-2H3/t15-,16-/m0/s1. The number of benzene rings is 1. The van der Waals surface area contributed by atoms with Crippen molar-refractivity contribution in [3.05, 3.63) is 53.1 Å². The number of aromatic nitrogens is 2. The smallest absolute Gasteiger partial charge is 0.244 e. The van der Waals surface area contributed by atoms with E-state index in [0.717, 1.165) is 17.0 Å². The van der Waals surface area contributed by atoms with Crippen molar-refractivity contribution in [1.29, 1.82) is 0 Å². The lowest BCUT2D eigenvalue weighted by Gasteiger charge is -2.25. The van der Waals surface area contributed by atoms with Crippen molar-refractivity contribution in [2.24, 2.45) is 0 Å². The largest absolute Gasteiger partial charge is 0.391 e. The molecule has 1 fully saturated rings. The average Bonchev–Trinajstić information content (AvgIpc) is 3.02. The molecule has 0 saturated carbocycles. The molecular weight excluding hydrogens is 297 g/mol. The molecular formula is C17H20FN3O2. The molecule has 0 aliphatic carbocycles. The van der Waals surface area contributed by atoms with E-state index in [1.54, 1.807) is 21.7 Å². The molecule has 0 bridgehead atoms. The van der Waals surface area contributed by atoms with Crippen molar-refractivity contribution in [3.63, 3.8) is 0 Å². The minimum absolute atomic E-state index is 0.0953. The van der Waals surface area contributed by atoms with E-state index in [2.05, 4.69) is 5.10 Å². The third-order valence-corrected chi connectivity index (χ3v) is 4.24. The maximum absolute atomic E-state index is 13.1. The van der Waals surface area contributed by atoms with Gasteiger partial charge in [0.25, 0.3) is 0 Å². The molecule has 1 aliphatic rings. The lowest BCUT2D eigenvalue weighted by Crippen LogP contribution is -2.35. The number of amides is 1. The van der Waals surface area contributed by atoms with E-state index in [1.165, 1.54) is 12.1 Å². The monoisotopic (exact) mass is 317 g/mol. The molecule has 23 heavy (non-hydrogen) atoms. The maximum atomic E-state index is 13.1. The number of aryl methyl sites for hydroxylation is 2. The van der Waals surface area contributed by atoms with Gasteiger partial charge in [0.1, 0.15) is 12.4 Å². The molecule has 3 rings (SSSR count). The Balaban J connectivity index is 1.80. The van der Waals surface area contributed by atoms with Crippen LogP contribution in [0.15, 0.2) is 30.3 Å². The Labute approximate surface area is 134 Å². The van der Waals surface area contributed by atoms with Gasteiger partial charge in [-0.15, -0.1) is 0 Å². The van der Waals surface area contributed by atoms with Crippen molar-refractivity contribution in [2.75, 3.05) is 6.54 Å². The van der Waals surface area contributed by atoms with Crippen LogP contribution in [0.5, 0.6) is 0 Å². The van der Waals surface area contributed by atoms with E-state index < -0.39 is 6.10 Å². The van der Waals surface area contributed by atoms with Crippen molar-refractivity contribution < 1.29 is 14.3 Å². The second-order valence-electron chi connectivity index (χ2n) is 6.09. The topological polar surface area (TPSA) is 58.4 Å². The second-order valence-corrected chi connectivity index (χ2v) is 6.09. The van der Waals surface area contributed by atoms with E-state index in [4.69, 9.17) is 0 Å². The number of carbonyl (C=O) groups is 1. The predicted octanol–water partition coefficient (Wildman–Crippen LogP) is 1.97. The zero-order valence-corrected chi connectivity index (χ0v) is 13.2. The van der Waals surface area contributed by atoms with Crippen LogP contribution in [-0.4, -0.2) is 38.3 Å². The lowest BCUT2D eigenvalue weighted by atomic mass is 10.0. The van der Waals surface area contributed by atoms with Crippen LogP contribution in [0.4, 0.5) is 4.39 Å². The Morgan fingerprint density at radius 3 is 2.65 bits per heavy atom. The summed E-state index contributed by atoms with van der Waals surface area (Å²) >= 11 is 0. The summed E-state index contributed by atoms with van der Waals surface area (Å²) in [7, 11) is 0. The van der Waals surface area contributed by atoms with E-state index in [-0.39, 0.29) is 24.3 Å². The molecule has 0 unspecified atom stereocenters. The molecule has 2 atom stereocenters. The van der Waals surface area contributed by atoms with Gasteiger partial charge in [0.15, 0.2) is 0 Å². The predicted molar refractivity (Wildman–Crippen MR) is 83.2 cm³/mol. The van der Waals surface area contributed by atoms with E-state index in [0.29, 0.717) is 13.0 Å². The Hall–Kier alpha value is -2.21. The Kier molecular flexibility index (Phi) is 4.17. The fourth-order valence-corrected chi connectivity index (χ4v) is 3.14. The molecule has 1 aliphatic heterocycles. The van der Waals surface area contributed by atoms with Crippen LogP contribution in [-0.2, 0) is 11.3 Å². The van der Waals surface area contributed by atoms with Crippen LogP contribution in [0.3, 0.4) is 0 Å². The minimum Gasteiger partial charge on any atom is -0.391 e. The summed E-state index contributed by atoms with van der Waals surface area (Å²) in [6, 6.07) is 7.79. The first-order valence-corrected chi connectivity index (χ1v) is 7.68. The SMILES string of the molecule is Cc1cc(C)n(CC(=O)N2C[C@@H](O)C[C@H]2c2ccc(F)cc2)n1. The molecule has 0 spiro atoms. The Bertz CT molecular complexity index is 711. The van der Waals surface area contributed by atoms with E-state index >= 15 is 0 Å². The number of carbonyl (C=O) groups excluding carboxylic acids is 1. The number of hydrogen-bond acceptors (Lipinski definition) is 3. The normalized spacial score (nSPS) is 21.0. The van der Waals surface area contributed by atoms with Gasteiger partial charge in [-0.25, -0.2) is 4.39 Å². The highest BCUT2D eigenvalue weighted by Crippen LogP contribution is 2.32. The van der Waals surface area contributed by atoms with Crippen molar-refractivity contribution in [3.8, 4) is 0 Å². The van der Waals surface area contributed by atoms with Gasteiger partial charge in [-0.05, 0) is 44.0 Å². The summed E-state index contributed by atoms with van der Waals surface area (Å²) in [5.41, 5.74) is 2.63. The van der Waals surface area contributed by atoms with Crippen molar-refractivity contribution in [2.45, 2.75) is 39.0 Å². The number of rotatable bonds is 3. The molecule has 0 radical (unpaired) electrons. The van der Waals surface area contributed by atoms with Gasteiger partial charge in [0, 0.05) is 12.2 Å². The maximum Gasteiger partial charge on any atom is 0.244 e. The van der Waals surface area contributed by atoms with Gasteiger partial charge in [0.2, 0.25) is 5.91 Å². The molecule has 1 aromatic carbocycles. The van der Waals surface area contributed by atoms with Crippen LogP contribution in [0, 0.1) is 19.7 Å². The number of aliphatic hydroxyl groups is 1. The van der Waals surface area contributed by atoms with Crippen LogP contribution in [0.1, 0.15) is 29.4 Å². The number of aliphatic hydroxyl groups excluding tert-OH is 1. The van der Waals surface area contributed by atoms with E-state index in [1.807, 2.05) is 19.9 Å². The molecule has 1 aromatic heterocycles. The highest BCUT2D eigenvalue weighted by atomic mass is 19.1. The van der Waals surface area contributed by atoms with Crippen molar-refractivity contribution in [1.82, 2.24) is 14.7 Å². The summed E-state index contributed by atoms with van der Waals surface area (Å²) in [5.74, 6) is -0.408. The molecule has 122 valence electrons. The van der Waals surface area contributed by atoms with Crippen LogP contribution < -0.4 is 0 Å². The van der Waals surface area contributed by atoms with Gasteiger partial charge in [-0.1, -0.05) is 12.1 Å². The summed E-state index contributed by atoms with van der Waals surface area (Å²) in [6.07, 6.45) is -0.0939. The molecule has 6 heteroatoms. The zero-order chi connectivity index (χ0) is 16.6. The van der Waals surface area contributed by atoms with Crippen molar-refractivity contribution >= 4 is 5.91 Å². The fraction of sp³-hybridized carbons (Fsp3) is 0.412. The third-order valence-electron chi connectivity index (χ3n) is 4.24. The number of nitrogens with zero attached hydrogens (tertiary/aromatic N) is 3. The van der Waals surface area contributed by atoms with Gasteiger partial charge < -0.3 is 10.0 Å². The first kappa shape index (κ1) is 15.7. The first-order chi connectivity index (χ1) is 10.9. The first-order valence-electron chi connectivity index (χ1n) is 7.68. The quantitative estimate of drug-likeness (QED) is 0.941. The second kappa shape index (κ2) is 6.12. The summed E-state index contributed by atoms with van der Waals surface area (Å²) in [6.45, 7) is 4.22. The summed E-state index contributed by atoms with van der Waals surface area (Å²) in [4.78, 5) is 14.3. The third kappa shape index (κ3) is 3.27. The number of likely N-dealkylation sites (tertiary alicyclic amines) is 1. The minimum atomic E-state index is -0.561. The fourth-order valence-electron chi connectivity index (χ4n) is 3.14. The molecule has 1 saturated heterocycles. The highest BCUT2D eigenvalue weighted by molar-refractivity contribution is 5.77. The van der Waals surface area contributed by atoms with Gasteiger partial charge in [0.05, 0.1) is 17.8 Å².